The molecule has 2 aromatic heterocycles. The van der Waals surface area contributed by atoms with E-state index in [-0.39, 0.29) is 0 Å². The van der Waals surface area contributed by atoms with Crippen molar-refractivity contribution >= 4 is 34.3 Å². The van der Waals surface area contributed by atoms with Crippen molar-refractivity contribution in [1.82, 2.24) is 25.1 Å². The van der Waals surface area contributed by atoms with Gasteiger partial charge in [-0.1, -0.05) is 23.7 Å². The second-order valence-electron chi connectivity index (χ2n) is 8.37. The number of fused-ring (bicyclic) bond motifs is 1. The van der Waals surface area contributed by atoms with E-state index in [0.717, 1.165) is 59.3 Å². The van der Waals surface area contributed by atoms with E-state index < -0.39 is 0 Å². The lowest BCUT2D eigenvalue weighted by molar-refractivity contribution is 0.323. The Morgan fingerprint density at radius 2 is 1.90 bits per heavy atom. The molecule has 0 spiro atoms. The van der Waals surface area contributed by atoms with Crippen LogP contribution in [0.3, 0.4) is 0 Å². The van der Waals surface area contributed by atoms with Crippen LogP contribution >= 0.6 is 11.6 Å². The summed E-state index contributed by atoms with van der Waals surface area (Å²) in [6.45, 7) is 1.72. The molecule has 0 amide bonds. The van der Waals surface area contributed by atoms with Gasteiger partial charge in [0.1, 0.15) is 5.82 Å². The van der Waals surface area contributed by atoms with Crippen LogP contribution in [0.25, 0.3) is 10.9 Å². The topological polar surface area (TPSA) is 70.9 Å². The van der Waals surface area contributed by atoms with Gasteiger partial charge in [0.05, 0.1) is 16.2 Å². The van der Waals surface area contributed by atoms with Gasteiger partial charge in [-0.15, -0.1) is 0 Å². The summed E-state index contributed by atoms with van der Waals surface area (Å²) in [7, 11) is 5.94. The van der Waals surface area contributed by atoms with Gasteiger partial charge in [0.25, 0.3) is 0 Å². The first-order valence-electron chi connectivity index (χ1n) is 10.6. The minimum Gasteiger partial charge on any atom is -0.362 e. The Kier molecular flexibility index (Phi) is 6.39. The van der Waals surface area contributed by atoms with Crippen molar-refractivity contribution in [3.63, 3.8) is 0 Å². The SMILES string of the molecule is CN(C)c1nc(NC2CCC(CNCc3nn(C)cc3Cl)CC2)nc2ccccc12. The summed E-state index contributed by atoms with van der Waals surface area (Å²) in [6, 6.07) is 8.59. The van der Waals surface area contributed by atoms with Gasteiger partial charge in [-0.3, -0.25) is 4.68 Å². The van der Waals surface area contributed by atoms with E-state index in [0.29, 0.717) is 12.0 Å². The van der Waals surface area contributed by atoms with Crippen molar-refractivity contribution in [2.24, 2.45) is 13.0 Å². The van der Waals surface area contributed by atoms with Crippen LogP contribution in [0.1, 0.15) is 31.4 Å². The summed E-state index contributed by atoms with van der Waals surface area (Å²) >= 11 is 6.18. The maximum absolute atomic E-state index is 6.18. The van der Waals surface area contributed by atoms with Crippen molar-refractivity contribution in [2.45, 2.75) is 38.3 Å². The Balaban J connectivity index is 1.30. The molecular formula is C22H30ClN7. The zero-order valence-corrected chi connectivity index (χ0v) is 18.7. The molecule has 8 heteroatoms. The predicted molar refractivity (Wildman–Crippen MR) is 123 cm³/mol. The average molecular weight is 428 g/mol. The molecule has 2 N–H and O–H groups in total. The molecule has 0 bridgehead atoms. The maximum atomic E-state index is 6.18. The van der Waals surface area contributed by atoms with E-state index >= 15 is 0 Å². The van der Waals surface area contributed by atoms with Crippen molar-refractivity contribution < 1.29 is 0 Å². The molecule has 1 saturated carbocycles. The smallest absolute Gasteiger partial charge is 0.225 e. The second-order valence-corrected chi connectivity index (χ2v) is 8.78. The Labute approximate surface area is 182 Å². The zero-order chi connectivity index (χ0) is 21.1. The highest BCUT2D eigenvalue weighted by Crippen LogP contribution is 2.28. The average Bonchev–Trinajstić information content (AvgIpc) is 3.05. The van der Waals surface area contributed by atoms with E-state index in [1.54, 1.807) is 4.68 Å². The lowest BCUT2D eigenvalue weighted by Gasteiger charge is -2.29. The minimum atomic E-state index is 0.419. The van der Waals surface area contributed by atoms with E-state index in [2.05, 4.69) is 21.8 Å². The third-order valence-electron chi connectivity index (χ3n) is 5.77. The largest absolute Gasteiger partial charge is 0.362 e. The molecule has 3 aromatic rings. The van der Waals surface area contributed by atoms with Gasteiger partial charge in [0.15, 0.2) is 0 Å². The second kappa shape index (κ2) is 9.18. The van der Waals surface area contributed by atoms with Crippen molar-refractivity contribution in [1.29, 1.82) is 0 Å². The molecule has 2 heterocycles. The number of hydrogen-bond acceptors (Lipinski definition) is 6. The van der Waals surface area contributed by atoms with Crippen LogP contribution in [0.2, 0.25) is 5.02 Å². The van der Waals surface area contributed by atoms with Gasteiger partial charge in [-0.25, -0.2) is 4.98 Å². The van der Waals surface area contributed by atoms with E-state index in [9.17, 15) is 0 Å². The number of aryl methyl sites for hydroxylation is 1. The summed E-state index contributed by atoms with van der Waals surface area (Å²) in [5.74, 6) is 2.36. The lowest BCUT2D eigenvalue weighted by Crippen LogP contribution is -2.31. The first-order valence-corrected chi connectivity index (χ1v) is 11.0. The van der Waals surface area contributed by atoms with Crippen LogP contribution < -0.4 is 15.5 Å². The highest BCUT2D eigenvalue weighted by Gasteiger charge is 2.22. The Hall–Kier alpha value is -2.38. The van der Waals surface area contributed by atoms with Crippen molar-refractivity contribution in [2.75, 3.05) is 30.9 Å². The summed E-state index contributed by atoms with van der Waals surface area (Å²) in [4.78, 5) is 11.6. The van der Waals surface area contributed by atoms with Crippen LogP contribution in [0, 0.1) is 5.92 Å². The quantitative estimate of drug-likeness (QED) is 0.596. The third-order valence-corrected chi connectivity index (χ3v) is 6.08. The number of hydrogen-bond donors (Lipinski definition) is 2. The fraction of sp³-hybridized carbons (Fsp3) is 0.500. The van der Waals surface area contributed by atoms with Gasteiger partial charge in [-0.2, -0.15) is 10.1 Å². The van der Waals surface area contributed by atoms with Crippen LogP contribution in [0.15, 0.2) is 30.5 Å². The van der Waals surface area contributed by atoms with Crippen LogP contribution in [-0.4, -0.2) is 46.4 Å². The third kappa shape index (κ3) is 4.84. The lowest BCUT2D eigenvalue weighted by atomic mass is 9.86. The summed E-state index contributed by atoms with van der Waals surface area (Å²) in [6.07, 6.45) is 6.48. The molecule has 30 heavy (non-hydrogen) atoms. The molecular weight excluding hydrogens is 398 g/mol. The highest BCUT2D eigenvalue weighted by molar-refractivity contribution is 6.31. The number of halogens is 1. The van der Waals surface area contributed by atoms with Gasteiger partial charge < -0.3 is 15.5 Å². The molecule has 0 unspecified atom stereocenters. The normalized spacial score (nSPS) is 19.2. The Morgan fingerprint density at radius 3 is 2.60 bits per heavy atom. The number of rotatable bonds is 7. The molecule has 7 nitrogen and oxygen atoms in total. The fourth-order valence-corrected chi connectivity index (χ4v) is 4.42. The van der Waals surface area contributed by atoms with Crippen LogP contribution in [0.4, 0.5) is 11.8 Å². The van der Waals surface area contributed by atoms with Gasteiger partial charge in [0.2, 0.25) is 5.95 Å². The maximum Gasteiger partial charge on any atom is 0.225 e. The number of para-hydroxylation sites is 1. The molecule has 4 rings (SSSR count). The first kappa shape index (κ1) is 20.9. The summed E-state index contributed by atoms with van der Waals surface area (Å²) in [5, 5.41) is 13.3. The monoisotopic (exact) mass is 427 g/mol. The fourth-order valence-electron chi connectivity index (χ4n) is 4.18. The number of anilines is 2. The number of nitrogens with zero attached hydrogens (tertiary/aromatic N) is 5. The summed E-state index contributed by atoms with van der Waals surface area (Å²) in [5.41, 5.74) is 1.89. The Morgan fingerprint density at radius 1 is 1.13 bits per heavy atom. The number of nitrogens with one attached hydrogen (secondary N) is 2. The zero-order valence-electron chi connectivity index (χ0n) is 17.9. The number of benzene rings is 1. The molecule has 1 aromatic carbocycles. The van der Waals surface area contributed by atoms with Crippen LogP contribution in [-0.2, 0) is 13.6 Å². The first-order chi connectivity index (χ1) is 14.5. The molecule has 1 aliphatic carbocycles. The molecule has 0 atom stereocenters. The Bertz CT molecular complexity index is 992. The molecule has 0 saturated heterocycles. The van der Waals surface area contributed by atoms with Gasteiger partial charge >= 0.3 is 0 Å². The molecule has 160 valence electrons. The molecule has 1 aliphatic rings. The van der Waals surface area contributed by atoms with E-state index in [4.69, 9.17) is 21.6 Å². The van der Waals surface area contributed by atoms with Crippen molar-refractivity contribution in [3.05, 3.63) is 41.2 Å². The van der Waals surface area contributed by atoms with E-state index in [1.807, 2.05) is 50.4 Å². The molecule has 1 fully saturated rings. The molecule has 0 radical (unpaired) electrons. The van der Waals surface area contributed by atoms with Gasteiger partial charge in [0, 0.05) is 45.3 Å². The van der Waals surface area contributed by atoms with E-state index in [1.165, 1.54) is 12.8 Å². The predicted octanol–water partition coefficient (Wildman–Crippen LogP) is 3.84. The molecule has 0 aliphatic heterocycles. The van der Waals surface area contributed by atoms with Crippen molar-refractivity contribution in [3.8, 4) is 0 Å². The standard InChI is InChI=1S/C22H30ClN7/c1-29(2)21-17-6-4-5-7-19(17)26-22(27-21)25-16-10-8-15(9-11-16)12-24-13-20-18(23)14-30(3)28-20/h4-7,14-16,24H,8-13H2,1-3H3,(H,25,26,27). The van der Waals surface area contributed by atoms with Gasteiger partial charge in [-0.05, 0) is 50.3 Å². The van der Waals surface area contributed by atoms with Crippen LogP contribution in [0.5, 0.6) is 0 Å². The number of aromatic nitrogens is 4. The highest BCUT2D eigenvalue weighted by atomic mass is 35.5. The summed E-state index contributed by atoms with van der Waals surface area (Å²) < 4.78 is 1.76. The minimum absolute atomic E-state index is 0.419.